The second-order valence-electron chi connectivity index (χ2n) is 8.25. The first-order valence-corrected chi connectivity index (χ1v) is 13.7. The first-order valence-electron chi connectivity index (χ1n) is 10.9. The summed E-state index contributed by atoms with van der Waals surface area (Å²) in [6, 6.07) is 32.1. The third kappa shape index (κ3) is 5.93. The summed E-state index contributed by atoms with van der Waals surface area (Å²) in [5.41, 5.74) is 0. The molecule has 0 saturated heterocycles. The van der Waals surface area contributed by atoms with E-state index < -0.39 is 20.2 Å². The largest absolute Gasteiger partial charge is 2.00 e. The predicted molar refractivity (Wildman–Crippen MR) is 145 cm³/mol. The molecule has 0 aromatic heterocycles. The van der Waals surface area contributed by atoms with Crippen LogP contribution in [0.1, 0.15) is 0 Å². The summed E-state index contributed by atoms with van der Waals surface area (Å²) in [7, 11) is -8.80. The van der Waals surface area contributed by atoms with Crippen LogP contribution in [0.3, 0.4) is 0 Å². The number of fused-ring (bicyclic) bond motifs is 6. The van der Waals surface area contributed by atoms with Gasteiger partial charge < -0.3 is 9.11 Å². The molecule has 0 atom stereocenters. The van der Waals surface area contributed by atoms with Crippen LogP contribution in [0, 0.1) is 0 Å². The van der Waals surface area contributed by atoms with Crippen LogP contribution in [0.15, 0.2) is 119 Å². The molecule has 0 amide bonds. The summed E-state index contributed by atoms with van der Waals surface area (Å²) in [5.74, 6) is 0. The van der Waals surface area contributed by atoms with Gasteiger partial charge in [0.25, 0.3) is 0 Å². The third-order valence-corrected chi connectivity index (χ3v) is 7.67. The van der Waals surface area contributed by atoms with Crippen LogP contribution < -0.4 is 0 Å². The van der Waals surface area contributed by atoms with Crippen LogP contribution in [-0.4, -0.2) is 74.8 Å². The Morgan fingerprint density at radius 1 is 0.405 bits per heavy atom. The number of hydrogen-bond acceptors (Lipinski definition) is 6. The second-order valence-corrected chi connectivity index (χ2v) is 11.0. The van der Waals surface area contributed by atoms with Crippen molar-refractivity contribution in [1.29, 1.82) is 0 Å². The van der Waals surface area contributed by atoms with Gasteiger partial charge in [0, 0.05) is 0 Å². The molecule has 0 unspecified atom stereocenters. The molecule has 6 aromatic rings. The summed E-state index contributed by atoms with van der Waals surface area (Å²) in [6.07, 6.45) is 0. The number of rotatable bonds is 2. The molecule has 0 aliphatic carbocycles. The smallest absolute Gasteiger partial charge is 0.744 e. The minimum atomic E-state index is -4.40. The monoisotopic (exact) mass is 652 g/mol. The number of benzene rings is 6. The van der Waals surface area contributed by atoms with E-state index in [4.69, 9.17) is 0 Å². The molecule has 0 heterocycles. The minimum absolute atomic E-state index is 0. The topological polar surface area (TPSA) is 114 Å². The average molecular weight is 652 g/mol. The van der Waals surface area contributed by atoms with E-state index in [1.54, 1.807) is 12.1 Å². The Bertz CT molecular complexity index is 1860. The fraction of sp³-hybridized carbons (Fsp3) is 0. The van der Waals surface area contributed by atoms with Crippen molar-refractivity contribution in [1.82, 2.24) is 0 Å². The van der Waals surface area contributed by atoms with Crippen LogP contribution in [-0.2, 0) is 20.2 Å². The first kappa shape index (κ1) is 27.8. The van der Waals surface area contributed by atoms with E-state index in [1.165, 1.54) is 24.3 Å². The first-order chi connectivity index (χ1) is 17.1. The fourth-order valence-corrected chi connectivity index (χ4v) is 5.31. The van der Waals surface area contributed by atoms with Gasteiger partial charge in [-0.2, -0.15) is 0 Å². The SMILES string of the molecule is O=S(=O)([O-])c1ccc2c(ccc3ccccc32)c1.O=S(=O)([O-])c1ccc2c(ccc3ccccc32)c1.[Ba+2]. The predicted octanol–water partition coefficient (Wildman–Crippen LogP) is 5.41. The van der Waals surface area contributed by atoms with Gasteiger partial charge in [-0.15, -0.1) is 0 Å². The van der Waals surface area contributed by atoms with Crippen LogP contribution in [0.4, 0.5) is 0 Å². The van der Waals surface area contributed by atoms with Gasteiger partial charge in [-0.3, -0.25) is 0 Å². The standard InChI is InChI=1S/2C14H10O3S.Ba/c2*15-18(16,17)12-7-8-14-11(9-12)6-5-10-3-1-2-4-13(10)14;/h2*1-9H,(H,15,16,17);/q;;+2/p-2. The fourth-order valence-electron chi connectivity index (χ4n) is 4.29. The molecule has 6 aromatic carbocycles. The summed E-state index contributed by atoms with van der Waals surface area (Å²) in [6.45, 7) is 0. The van der Waals surface area contributed by atoms with E-state index in [0.717, 1.165) is 43.1 Å². The van der Waals surface area contributed by atoms with E-state index in [2.05, 4.69) is 0 Å². The Labute approximate surface area is 254 Å². The van der Waals surface area contributed by atoms with Crippen molar-refractivity contribution < 1.29 is 25.9 Å². The Hall–Kier alpha value is -2.25. The van der Waals surface area contributed by atoms with Gasteiger partial charge in [-0.25, -0.2) is 16.8 Å². The zero-order chi connectivity index (χ0) is 25.5. The van der Waals surface area contributed by atoms with E-state index in [1.807, 2.05) is 72.8 Å². The van der Waals surface area contributed by atoms with Crippen molar-refractivity contribution in [3.05, 3.63) is 109 Å². The van der Waals surface area contributed by atoms with Gasteiger partial charge in [0.15, 0.2) is 0 Å². The van der Waals surface area contributed by atoms with Crippen molar-refractivity contribution in [2.75, 3.05) is 0 Å². The van der Waals surface area contributed by atoms with Crippen molar-refractivity contribution in [3.63, 3.8) is 0 Å². The summed E-state index contributed by atoms with van der Waals surface area (Å²) < 4.78 is 65.9. The van der Waals surface area contributed by atoms with Crippen molar-refractivity contribution in [2.45, 2.75) is 9.79 Å². The van der Waals surface area contributed by atoms with E-state index in [0.29, 0.717) is 0 Å². The van der Waals surface area contributed by atoms with Crippen LogP contribution in [0.2, 0.25) is 0 Å². The van der Waals surface area contributed by atoms with E-state index >= 15 is 0 Å². The molecule has 0 saturated carbocycles. The van der Waals surface area contributed by atoms with Gasteiger partial charge in [0.2, 0.25) is 0 Å². The van der Waals surface area contributed by atoms with Crippen molar-refractivity contribution in [2.24, 2.45) is 0 Å². The molecule has 0 spiro atoms. The average Bonchev–Trinajstić information content (AvgIpc) is 2.87. The second kappa shape index (κ2) is 10.9. The Balaban J connectivity index is 0.000000168. The normalized spacial score (nSPS) is 11.7. The van der Waals surface area contributed by atoms with Gasteiger partial charge in [0.05, 0.1) is 9.79 Å². The maximum atomic E-state index is 11.0. The zero-order valence-electron chi connectivity index (χ0n) is 19.4. The van der Waals surface area contributed by atoms with Gasteiger partial charge in [0.1, 0.15) is 20.2 Å². The van der Waals surface area contributed by atoms with Crippen LogP contribution >= 0.6 is 0 Å². The summed E-state index contributed by atoms with van der Waals surface area (Å²) in [5, 5.41) is 7.66. The third-order valence-electron chi connectivity index (χ3n) is 6.01. The Morgan fingerprint density at radius 2 is 0.730 bits per heavy atom. The van der Waals surface area contributed by atoms with Crippen molar-refractivity contribution >= 4 is 112 Å². The van der Waals surface area contributed by atoms with Crippen molar-refractivity contribution in [3.8, 4) is 0 Å². The molecule has 6 rings (SSSR count). The van der Waals surface area contributed by atoms with Gasteiger partial charge in [-0.05, 0) is 67.4 Å². The molecule has 0 radical (unpaired) electrons. The van der Waals surface area contributed by atoms with Gasteiger partial charge >= 0.3 is 48.9 Å². The quantitative estimate of drug-likeness (QED) is 0.141. The molecule has 180 valence electrons. The molecule has 0 N–H and O–H groups in total. The zero-order valence-corrected chi connectivity index (χ0v) is 25.4. The van der Waals surface area contributed by atoms with Crippen LogP contribution in [0.5, 0.6) is 0 Å². The molecule has 6 nitrogen and oxygen atoms in total. The number of hydrogen-bond donors (Lipinski definition) is 0. The molecule has 0 fully saturated rings. The molecular formula is C28H18BaO6S2. The molecule has 9 heteroatoms. The molecular weight excluding hydrogens is 634 g/mol. The van der Waals surface area contributed by atoms with E-state index in [-0.39, 0.29) is 58.7 Å². The Kier molecular flexibility index (Phi) is 8.15. The maximum Gasteiger partial charge on any atom is 2.00 e. The summed E-state index contributed by atoms with van der Waals surface area (Å²) in [4.78, 5) is -0.379. The molecule has 37 heavy (non-hydrogen) atoms. The molecule has 0 aliphatic rings. The maximum absolute atomic E-state index is 11.0. The molecule has 0 aliphatic heterocycles. The minimum Gasteiger partial charge on any atom is -0.744 e. The summed E-state index contributed by atoms with van der Waals surface area (Å²) >= 11 is 0. The Morgan fingerprint density at radius 3 is 1.11 bits per heavy atom. The van der Waals surface area contributed by atoms with Gasteiger partial charge in [-0.1, -0.05) is 84.9 Å². The van der Waals surface area contributed by atoms with E-state index in [9.17, 15) is 25.9 Å². The van der Waals surface area contributed by atoms with Crippen LogP contribution in [0.25, 0.3) is 43.1 Å². The molecule has 0 bridgehead atoms.